The molecule has 1 fully saturated rings. The SMILES string of the molecule is CCCCCCCCCCCCCC/C=C\CCCCCCCCCCCCCC(O)C(=O)NC(COC1OC(CO)C(O)C(O)C1O)C(O)C(O)CCC/C=C/CCCCCCCCCCCCCCCCC. The molecule has 0 radical (unpaired) electrons. The van der Waals surface area contributed by atoms with E-state index in [2.05, 4.69) is 43.5 Å². The Morgan fingerprint density at radius 3 is 1.16 bits per heavy atom. The first-order valence-corrected chi connectivity index (χ1v) is 31.7. The van der Waals surface area contributed by atoms with Crippen LogP contribution in [0.1, 0.15) is 303 Å². The van der Waals surface area contributed by atoms with Crippen LogP contribution >= 0.6 is 0 Å². The van der Waals surface area contributed by atoms with E-state index in [1.165, 1.54) is 225 Å². The molecular formula is C63H121NO10. The number of hydrogen-bond acceptors (Lipinski definition) is 10. The van der Waals surface area contributed by atoms with E-state index in [-0.39, 0.29) is 12.8 Å². The van der Waals surface area contributed by atoms with Crippen LogP contribution in [-0.2, 0) is 14.3 Å². The molecule has 11 heteroatoms. The number of carbonyl (C=O) groups is 1. The predicted molar refractivity (Wildman–Crippen MR) is 307 cm³/mol. The highest BCUT2D eigenvalue weighted by atomic mass is 16.7. The molecule has 1 amide bonds. The first kappa shape index (κ1) is 70.6. The van der Waals surface area contributed by atoms with Crippen molar-refractivity contribution in [3.8, 4) is 0 Å². The van der Waals surface area contributed by atoms with Gasteiger partial charge in [0, 0.05) is 0 Å². The van der Waals surface area contributed by atoms with Crippen molar-refractivity contribution in [1.82, 2.24) is 5.32 Å². The van der Waals surface area contributed by atoms with Crippen molar-refractivity contribution >= 4 is 5.91 Å². The minimum Gasteiger partial charge on any atom is -0.394 e. The van der Waals surface area contributed by atoms with Crippen LogP contribution < -0.4 is 5.32 Å². The third kappa shape index (κ3) is 39.9. The van der Waals surface area contributed by atoms with Crippen LogP contribution in [0.4, 0.5) is 0 Å². The lowest BCUT2D eigenvalue weighted by atomic mass is 9.98. The molecule has 9 atom stereocenters. The van der Waals surface area contributed by atoms with Gasteiger partial charge in [-0.2, -0.15) is 0 Å². The fraction of sp³-hybridized carbons (Fsp3) is 0.921. The number of aliphatic hydroxyl groups excluding tert-OH is 7. The normalized spacial score (nSPS) is 19.9. The highest BCUT2D eigenvalue weighted by molar-refractivity contribution is 5.80. The molecule has 1 saturated heterocycles. The van der Waals surface area contributed by atoms with E-state index in [0.717, 1.165) is 38.5 Å². The predicted octanol–water partition coefficient (Wildman–Crippen LogP) is 14.1. The summed E-state index contributed by atoms with van der Waals surface area (Å²) in [6.45, 7) is 3.48. The summed E-state index contributed by atoms with van der Waals surface area (Å²) in [4.78, 5) is 13.2. The Bertz CT molecular complexity index is 1250. The number of hydrogen-bond donors (Lipinski definition) is 8. The summed E-state index contributed by atoms with van der Waals surface area (Å²) in [7, 11) is 0. The van der Waals surface area contributed by atoms with E-state index < -0.39 is 74.2 Å². The summed E-state index contributed by atoms with van der Waals surface area (Å²) in [5, 5.41) is 76.3. The highest BCUT2D eigenvalue weighted by Crippen LogP contribution is 2.24. The summed E-state index contributed by atoms with van der Waals surface area (Å²) in [6.07, 6.45) is 52.4. The van der Waals surface area contributed by atoms with E-state index >= 15 is 0 Å². The van der Waals surface area contributed by atoms with Crippen molar-refractivity contribution in [1.29, 1.82) is 0 Å². The zero-order chi connectivity index (χ0) is 54.0. The molecule has 1 aliphatic rings. The van der Waals surface area contributed by atoms with E-state index in [1.807, 2.05) is 0 Å². The number of carbonyl (C=O) groups excluding carboxylic acids is 1. The molecule has 0 bridgehead atoms. The van der Waals surface area contributed by atoms with Crippen molar-refractivity contribution in [2.24, 2.45) is 0 Å². The maximum atomic E-state index is 13.2. The van der Waals surface area contributed by atoms with Crippen LogP contribution in [0.25, 0.3) is 0 Å². The van der Waals surface area contributed by atoms with Gasteiger partial charge in [-0.3, -0.25) is 4.79 Å². The molecule has 0 saturated carbocycles. The third-order valence-electron chi connectivity index (χ3n) is 15.5. The van der Waals surface area contributed by atoms with Crippen molar-refractivity contribution in [3.63, 3.8) is 0 Å². The number of unbranched alkanes of at least 4 members (excludes halogenated alkanes) is 39. The molecular weight excluding hydrogens is 931 g/mol. The molecule has 11 nitrogen and oxygen atoms in total. The molecule has 0 aromatic carbocycles. The van der Waals surface area contributed by atoms with Crippen LogP contribution in [-0.4, -0.2) is 110 Å². The van der Waals surface area contributed by atoms with E-state index in [9.17, 15) is 40.5 Å². The molecule has 438 valence electrons. The lowest BCUT2D eigenvalue weighted by Gasteiger charge is -2.40. The van der Waals surface area contributed by atoms with Gasteiger partial charge in [-0.25, -0.2) is 0 Å². The summed E-state index contributed by atoms with van der Waals surface area (Å²) < 4.78 is 11.2. The number of aliphatic hydroxyl groups is 7. The first-order chi connectivity index (χ1) is 36.2. The van der Waals surface area contributed by atoms with Crippen LogP contribution in [0, 0.1) is 0 Å². The highest BCUT2D eigenvalue weighted by Gasteiger charge is 2.44. The van der Waals surface area contributed by atoms with Gasteiger partial charge < -0.3 is 50.5 Å². The molecule has 0 aliphatic carbocycles. The molecule has 74 heavy (non-hydrogen) atoms. The van der Waals surface area contributed by atoms with E-state index in [0.29, 0.717) is 12.8 Å². The van der Waals surface area contributed by atoms with Crippen molar-refractivity contribution in [2.75, 3.05) is 13.2 Å². The summed E-state index contributed by atoms with van der Waals surface area (Å²) in [5.74, 6) is -0.703. The van der Waals surface area contributed by atoms with Gasteiger partial charge in [0.15, 0.2) is 6.29 Å². The van der Waals surface area contributed by atoms with E-state index in [4.69, 9.17) is 9.47 Å². The molecule has 9 unspecified atom stereocenters. The average molecular weight is 1050 g/mol. The summed E-state index contributed by atoms with van der Waals surface area (Å²) in [5.41, 5.74) is 0. The second kappa shape index (κ2) is 52.3. The molecule has 0 spiro atoms. The smallest absolute Gasteiger partial charge is 0.249 e. The second-order valence-electron chi connectivity index (χ2n) is 22.5. The summed E-state index contributed by atoms with van der Waals surface area (Å²) >= 11 is 0. The maximum absolute atomic E-state index is 13.2. The Morgan fingerprint density at radius 2 is 0.797 bits per heavy atom. The lowest BCUT2D eigenvalue weighted by Crippen LogP contribution is -2.60. The zero-order valence-electron chi connectivity index (χ0n) is 48.1. The minimum atomic E-state index is -1.67. The molecule has 1 aliphatic heterocycles. The number of amides is 1. The van der Waals surface area contributed by atoms with Gasteiger partial charge in [-0.15, -0.1) is 0 Å². The fourth-order valence-corrected chi connectivity index (χ4v) is 10.3. The van der Waals surface area contributed by atoms with Crippen molar-refractivity contribution in [3.05, 3.63) is 24.3 Å². The van der Waals surface area contributed by atoms with Gasteiger partial charge in [0.1, 0.15) is 36.6 Å². The topological polar surface area (TPSA) is 189 Å². The average Bonchev–Trinajstić information content (AvgIpc) is 3.40. The summed E-state index contributed by atoms with van der Waals surface area (Å²) in [6, 6.07) is -1.18. The fourth-order valence-electron chi connectivity index (χ4n) is 10.3. The second-order valence-corrected chi connectivity index (χ2v) is 22.5. The van der Waals surface area contributed by atoms with Crippen LogP contribution in [0.5, 0.6) is 0 Å². The third-order valence-corrected chi connectivity index (χ3v) is 15.5. The zero-order valence-corrected chi connectivity index (χ0v) is 48.1. The Kier molecular flexibility index (Phi) is 49.9. The monoisotopic (exact) mass is 1050 g/mol. The van der Waals surface area contributed by atoms with Gasteiger partial charge in [0.05, 0.1) is 25.4 Å². The first-order valence-electron chi connectivity index (χ1n) is 31.7. The molecule has 0 aromatic rings. The number of allylic oxidation sites excluding steroid dienone is 4. The van der Waals surface area contributed by atoms with Crippen LogP contribution in [0.3, 0.4) is 0 Å². The van der Waals surface area contributed by atoms with Gasteiger partial charge >= 0.3 is 0 Å². The number of ether oxygens (including phenoxy) is 2. The molecule has 1 rings (SSSR count). The van der Waals surface area contributed by atoms with Gasteiger partial charge in [0.2, 0.25) is 5.91 Å². The van der Waals surface area contributed by atoms with Gasteiger partial charge in [0.25, 0.3) is 0 Å². The van der Waals surface area contributed by atoms with Crippen LogP contribution in [0.2, 0.25) is 0 Å². The largest absolute Gasteiger partial charge is 0.394 e. The Hall–Kier alpha value is -1.41. The quantitative estimate of drug-likeness (QED) is 0.0215. The Labute approximate surface area is 454 Å². The molecule has 0 aromatic heterocycles. The Morgan fingerprint density at radius 1 is 0.459 bits per heavy atom. The van der Waals surface area contributed by atoms with E-state index in [1.54, 1.807) is 0 Å². The van der Waals surface area contributed by atoms with Gasteiger partial charge in [-0.1, -0.05) is 263 Å². The lowest BCUT2D eigenvalue weighted by molar-refractivity contribution is -0.303. The van der Waals surface area contributed by atoms with Gasteiger partial charge in [-0.05, 0) is 64.2 Å². The van der Waals surface area contributed by atoms with Crippen molar-refractivity contribution in [2.45, 2.75) is 358 Å². The molecule has 8 N–H and O–H groups in total. The van der Waals surface area contributed by atoms with Crippen molar-refractivity contribution < 1.29 is 50.0 Å². The number of nitrogens with one attached hydrogen (secondary N) is 1. The molecule has 1 heterocycles. The standard InChI is InChI=1S/C63H121NO10/c1-3-5-7-9-11-13-15-17-19-21-23-25-26-27-28-29-30-31-33-35-37-39-41-43-45-47-49-51-56(67)62(72)64-54(53-73-63-61(71)60(70)59(69)57(52-65)74-63)58(68)55(66)50-48-46-44-42-40-38-36-34-32-24-22-20-18-16-14-12-10-8-6-4-2/h27-28,42,44,54-61,63,65-71H,3-26,29-41,43,45-53H2,1-2H3,(H,64,72)/b28-27-,44-42+. The number of rotatable bonds is 55. The minimum absolute atomic E-state index is 0.255. The maximum Gasteiger partial charge on any atom is 0.249 e. The van der Waals surface area contributed by atoms with Crippen LogP contribution in [0.15, 0.2) is 24.3 Å². The Balaban J connectivity index is 2.26.